The molecule has 1 heterocycles. The first-order chi connectivity index (χ1) is 11.0. The number of carbonyl (C=O) groups is 3. The second kappa shape index (κ2) is 5.18. The molecule has 1 aromatic carbocycles. The van der Waals surface area contributed by atoms with Crippen LogP contribution in [0.15, 0.2) is 18.2 Å². The highest BCUT2D eigenvalue weighted by Gasteiger charge is 2.40. The number of benzene rings is 1. The fourth-order valence-electron chi connectivity index (χ4n) is 4.52. The molecule has 23 heavy (non-hydrogen) atoms. The van der Waals surface area contributed by atoms with Crippen molar-refractivity contribution in [3.8, 4) is 0 Å². The Labute approximate surface area is 135 Å². The molecule has 2 saturated carbocycles. The van der Waals surface area contributed by atoms with Crippen molar-refractivity contribution in [1.82, 2.24) is 4.90 Å². The van der Waals surface area contributed by atoms with Gasteiger partial charge in [0.15, 0.2) is 0 Å². The minimum absolute atomic E-state index is 0.00706. The van der Waals surface area contributed by atoms with Gasteiger partial charge in [-0.25, -0.2) is 0 Å². The van der Waals surface area contributed by atoms with Gasteiger partial charge in [0.2, 0.25) is 5.91 Å². The first-order valence-corrected chi connectivity index (χ1v) is 8.29. The van der Waals surface area contributed by atoms with E-state index in [-0.39, 0.29) is 17.7 Å². The molecule has 1 aromatic rings. The number of nitrogens with one attached hydrogen (secondary N) is 1. The van der Waals surface area contributed by atoms with Crippen LogP contribution in [0.3, 0.4) is 0 Å². The van der Waals surface area contributed by atoms with Gasteiger partial charge < -0.3 is 5.32 Å². The summed E-state index contributed by atoms with van der Waals surface area (Å²) in [5.41, 5.74) is 1.37. The van der Waals surface area contributed by atoms with Gasteiger partial charge in [0.05, 0.1) is 11.1 Å². The Morgan fingerprint density at radius 3 is 2.65 bits per heavy atom. The van der Waals surface area contributed by atoms with E-state index in [1.807, 2.05) is 0 Å². The van der Waals surface area contributed by atoms with Gasteiger partial charge in [-0.2, -0.15) is 0 Å². The molecule has 0 saturated heterocycles. The summed E-state index contributed by atoms with van der Waals surface area (Å²) < 4.78 is 0. The molecule has 3 aliphatic rings. The second-order valence-corrected chi connectivity index (χ2v) is 7.12. The van der Waals surface area contributed by atoms with Crippen molar-refractivity contribution in [3.63, 3.8) is 0 Å². The average Bonchev–Trinajstić information content (AvgIpc) is 3.19. The molecule has 2 bridgehead atoms. The van der Waals surface area contributed by atoms with Crippen molar-refractivity contribution < 1.29 is 14.4 Å². The van der Waals surface area contributed by atoms with Gasteiger partial charge in [-0.15, -0.1) is 0 Å². The molecule has 5 heteroatoms. The maximum absolute atomic E-state index is 12.3. The van der Waals surface area contributed by atoms with Crippen LogP contribution in [0, 0.1) is 17.8 Å². The van der Waals surface area contributed by atoms with Crippen molar-refractivity contribution in [2.24, 2.45) is 17.8 Å². The summed E-state index contributed by atoms with van der Waals surface area (Å²) in [4.78, 5) is 37.2. The number of imide groups is 1. The lowest BCUT2D eigenvalue weighted by Crippen LogP contribution is -2.24. The van der Waals surface area contributed by atoms with Gasteiger partial charge in [0.1, 0.15) is 0 Å². The third kappa shape index (κ3) is 2.35. The second-order valence-electron chi connectivity index (χ2n) is 7.12. The molecule has 2 fully saturated rings. The number of hydrogen-bond acceptors (Lipinski definition) is 3. The van der Waals surface area contributed by atoms with Gasteiger partial charge in [-0.3, -0.25) is 19.3 Å². The van der Waals surface area contributed by atoms with E-state index >= 15 is 0 Å². The first-order valence-electron chi connectivity index (χ1n) is 8.29. The number of nitrogens with zero attached hydrogens (tertiary/aromatic N) is 1. The summed E-state index contributed by atoms with van der Waals surface area (Å²) >= 11 is 0. The Balaban J connectivity index is 1.44. The third-order valence-corrected chi connectivity index (χ3v) is 5.71. The highest BCUT2D eigenvalue weighted by Crippen LogP contribution is 2.49. The molecule has 2 aliphatic carbocycles. The predicted molar refractivity (Wildman–Crippen MR) is 85.1 cm³/mol. The molecular formula is C18H20N2O3. The molecule has 1 N–H and O–H groups in total. The van der Waals surface area contributed by atoms with Crippen LogP contribution in [-0.4, -0.2) is 29.7 Å². The Morgan fingerprint density at radius 1 is 1.17 bits per heavy atom. The zero-order valence-corrected chi connectivity index (χ0v) is 13.2. The summed E-state index contributed by atoms with van der Waals surface area (Å²) in [5, 5.41) is 2.89. The van der Waals surface area contributed by atoms with Crippen molar-refractivity contribution in [2.45, 2.75) is 32.1 Å². The molecule has 3 atom stereocenters. The summed E-state index contributed by atoms with van der Waals surface area (Å²) in [6.45, 7) is 0. The highest BCUT2D eigenvalue weighted by atomic mass is 16.2. The van der Waals surface area contributed by atoms with E-state index < -0.39 is 0 Å². The van der Waals surface area contributed by atoms with Crippen LogP contribution >= 0.6 is 0 Å². The molecule has 0 radical (unpaired) electrons. The van der Waals surface area contributed by atoms with E-state index in [0.29, 0.717) is 29.2 Å². The SMILES string of the molecule is CN1C(=O)c2ccc(NC(=O)C[C@H]3C[C@H]4CC[C@@H]3C4)cc2C1=O. The molecular weight excluding hydrogens is 292 g/mol. The largest absolute Gasteiger partial charge is 0.326 e. The number of hydrogen-bond donors (Lipinski definition) is 1. The Morgan fingerprint density at radius 2 is 1.96 bits per heavy atom. The lowest BCUT2D eigenvalue weighted by atomic mass is 9.86. The zero-order chi connectivity index (χ0) is 16.1. The van der Waals surface area contributed by atoms with E-state index in [1.165, 1.54) is 32.7 Å². The molecule has 4 rings (SSSR count). The van der Waals surface area contributed by atoms with E-state index in [0.717, 1.165) is 16.7 Å². The topological polar surface area (TPSA) is 66.5 Å². The van der Waals surface area contributed by atoms with E-state index in [1.54, 1.807) is 18.2 Å². The summed E-state index contributed by atoms with van der Waals surface area (Å²) in [6.07, 6.45) is 5.63. The predicted octanol–water partition coefficient (Wildman–Crippen LogP) is 2.68. The summed E-state index contributed by atoms with van der Waals surface area (Å²) in [6, 6.07) is 4.92. The standard InChI is InChI=1S/C18H20N2O3/c1-20-17(22)14-5-4-13(9-15(14)18(20)23)19-16(21)8-12-7-10-2-3-11(12)6-10/h4-5,9-12H,2-3,6-8H2,1H3,(H,19,21)/t10-,11+,12+/m0/s1. The minimum atomic E-state index is -0.311. The van der Waals surface area contributed by atoms with Gasteiger partial charge in [0.25, 0.3) is 11.8 Å². The van der Waals surface area contributed by atoms with Crippen molar-refractivity contribution in [1.29, 1.82) is 0 Å². The van der Waals surface area contributed by atoms with Crippen molar-refractivity contribution >= 4 is 23.4 Å². The van der Waals surface area contributed by atoms with E-state index in [2.05, 4.69) is 5.32 Å². The van der Waals surface area contributed by atoms with E-state index in [4.69, 9.17) is 0 Å². The molecule has 5 nitrogen and oxygen atoms in total. The quantitative estimate of drug-likeness (QED) is 0.873. The minimum Gasteiger partial charge on any atom is -0.326 e. The van der Waals surface area contributed by atoms with Crippen molar-refractivity contribution in [3.05, 3.63) is 29.3 Å². The van der Waals surface area contributed by atoms with E-state index in [9.17, 15) is 14.4 Å². The van der Waals surface area contributed by atoms with Crippen LogP contribution in [-0.2, 0) is 4.79 Å². The average molecular weight is 312 g/mol. The molecule has 3 amide bonds. The van der Waals surface area contributed by atoms with Crippen LogP contribution < -0.4 is 5.32 Å². The maximum Gasteiger partial charge on any atom is 0.261 e. The third-order valence-electron chi connectivity index (χ3n) is 5.71. The van der Waals surface area contributed by atoms with Gasteiger partial charge in [-0.05, 0) is 55.2 Å². The Bertz CT molecular complexity index is 712. The summed E-state index contributed by atoms with van der Waals surface area (Å²) in [7, 11) is 1.47. The van der Waals surface area contributed by atoms with Gasteiger partial charge in [0, 0.05) is 19.2 Å². The molecule has 120 valence electrons. The van der Waals surface area contributed by atoms with Crippen LogP contribution in [0.2, 0.25) is 0 Å². The van der Waals surface area contributed by atoms with Gasteiger partial charge in [-0.1, -0.05) is 6.42 Å². The smallest absolute Gasteiger partial charge is 0.261 e. The zero-order valence-electron chi connectivity index (χ0n) is 13.2. The first kappa shape index (κ1) is 14.4. The van der Waals surface area contributed by atoms with Gasteiger partial charge >= 0.3 is 0 Å². The molecule has 0 spiro atoms. The maximum atomic E-state index is 12.3. The Kier molecular flexibility index (Phi) is 3.25. The summed E-state index contributed by atoms with van der Waals surface area (Å²) in [5.74, 6) is 1.47. The fourth-order valence-corrected chi connectivity index (χ4v) is 4.52. The lowest BCUT2D eigenvalue weighted by Gasteiger charge is -2.20. The number of carbonyl (C=O) groups excluding carboxylic acids is 3. The number of anilines is 1. The van der Waals surface area contributed by atoms with Crippen LogP contribution in [0.4, 0.5) is 5.69 Å². The van der Waals surface area contributed by atoms with Crippen LogP contribution in [0.25, 0.3) is 0 Å². The van der Waals surface area contributed by atoms with Crippen LogP contribution in [0.1, 0.15) is 52.8 Å². The number of fused-ring (bicyclic) bond motifs is 3. The number of rotatable bonds is 3. The number of amides is 3. The van der Waals surface area contributed by atoms with Crippen LogP contribution in [0.5, 0.6) is 0 Å². The molecule has 0 aromatic heterocycles. The lowest BCUT2D eigenvalue weighted by molar-refractivity contribution is -0.117. The monoisotopic (exact) mass is 312 g/mol. The normalized spacial score (nSPS) is 28.4. The fraction of sp³-hybridized carbons (Fsp3) is 0.500. The Hall–Kier alpha value is -2.17. The molecule has 1 aliphatic heterocycles. The molecule has 0 unspecified atom stereocenters. The highest BCUT2D eigenvalue weighted by molar-refractivity contribution is 6.21. The van der Waals surface area contributed by atoms with Crippen molar-refractivity contribution in [2.75, 3.05) is 12.4 Å².